The molecule has 2 rings (SSSR count). The number of aliphatic carboxylic acids is 1. The molecule has 0 bridgehead atoms. The number of hydrogen-bond acceptors (Lipinski definition) is 4. The van der Waals surface area contributed by atoms with Crippen LogP contribution in [0.4, 0.5) is 0 Å². The van der Waals surface area contributed by atoms with E-state index in [1.54, 1.807) is 0 Å². The summed E-state index contributed by atoms with van der Waals surface area (Å²) >= 11 is 0. The Bertz CT molecular complexity index is 650. The number of carbonyl (C=O) groups is 2. The highest BCUT2D eigenvalue weighted by molar-refractivity contribution is 5.84. The standard InChI is InChI=1S/C13H16N4O3/c1-17-10-5-3-2-4-9(10)16-11(17)7-15-12(18)6-8(14)13(19)20/h2-5,8H,6-7,14H2,1H3,(H,15,18)(H,19,20)/t8-/m0/s1. The number of rotatable bonds is 5. The van der Waals surface area contributed by atoms with Gasteiger partial charge in [-0.2, -0.15) is 0 Å². The number of amides is 1. The molecule has 0 aliphatic carbocycles. The monoisotopic (exact) mass is 276 g/mol. The summed E-state index contributed by atoms with van der Waals surface area (Å²) in [6, 6.07) is 6.45. The van der Waals surface area contributed by atoms with Crippen molar-refractivity contribution in [3.05, 3.63) is 30.1 Å². The number of hydrogen-bond donors (Lipinski definition) is 3. The van der Waals surface area contributed by atoms with Gasteiger partial charge in [0.05, 0.1) is 24.0 Å². The molecule has 7 nitrogen and oxygen atoms in total. The van der Waals surface area contributed by atoms with E-state index in [9.17, 15) is 9.59 Å². The molecule has 7 heteroatoms. The molecular formula is C13H16N4O3. The molecule has 0 fully saturated rings. The molecule has 0 saturated carbocycles. The number of aryl methyl sites for hydroxylation is 1. The summed E-state index contributed by atoms with van der Waals surface area (Å²) in [5.74, 6) is -0.904. The van der Waals surface area contributed by atoms with Crippen molar-refractivity contribution in [2.45, 2.75) is 19.0 Å². The van der Waals surface area contributed by atoms with E-state index in [0.717, 1.165) is 11.0 Å². The number of aromatic nitrogens is 2. The quantitative estimate of drug-likeness (QED) is 0.711. The van der Waals surface area contributed by atoms with E-state index in [4.69, 9.17) is 10.8 Å². The third kappa shape index (κ3) is 2.94. The van der Waals surface area contributed by atoms with Gasteiger partial charge >= 0.3 is 5.97 Å². The first-order valence-corrected chi connectivity index (χ1v) is 6.14. The van der Waals surface area contributed by atoms with Crippen LogP contribution in [0.1, 0.15) is 12.2 Å². The van der Waals surface area contributed by atoms with E-state index in [1.165, 1.54) is 0 Å². The fourth-order valence-electron chi connectivity index (χ4n) is 1.89. The minimum absolute atomic E-state index is 0.232. The molecule has 2 aromatic rings. The number of fused-ring (bicyclic) bond motifs is 1. The molecule has 0 spiro atoms. The predicted octanol–water partition coefficient (Wildman–Crippen LogP) is -0.00850. The van der Waals surface area contributed by atoms with Crippen molar-refractivity contribution in [3.63, 3.8) is 0 Å². The average molecular weight is 276 g/mol. The molecule has 106 valence electrons. The maximum absolute atomic E-state index is 11.6. The second-order valence-electron chi connectivity index (χ2n) is 4.50. The lowest BCUT2D eigenvalue weighted by molar-refractivity contribution is -0.140. The van der Waals surface area contributed by atoms with Gasteiger partial charge in [0.15, 0.2) is 0 Å². The Morgan fingerprint density at radius 1 is 1.45 bits per heavy atom. The van der Waals surface area contributed by atoms with E-state index in [0.29, 0.717) is 5.82 Å². The molecule has 1 atom stereocenters. The number of imidazole rings is 1. The van der Waals surface area contributed by atoms with Crippen LogP contribution in [0.25, 0.3) is 11.0 Å². The van der Waals surface area contributed by atoms with Crippen molar-refractivity contribution in [1.82, 2.24) is 14.9 Å². The molecule has 4 N–H and O–H groups in total. The van der Waals surface area contributed by atoms with Crippen LogP contribution in [0, 0.1) is 0 Å². The average Bonchev–Trinajstić information content (AvgIpc) is 2.73. The van der Waals surface area contributed by atoms with E-state index in [1.807, 2.05) is 35.9 Å². The minimum atomic E-state index is -1.19. The van der Waals surface area contributed by atoms with Crippen molar-refractivity contribution >= 4 is 22.9 Å². The molecule has 0 aliphatic heterocycles. The van der Waals surface area contributed by atoms with Crippen LogP contribution in [0.2, 0.25) is 0 Å². The van der Waals surface area contributed by atoms with Gasteiger partial charge in [0, 0.05) is 7.05 Å². The maximum Gasteiger partial charge on any atom is 0.321 e. The normalized spacial score (nSPS) is 12.3. The maximum atomic E-state index is 11.6. The molecule has 1 aromatic carbocycles. The Hall–Kier alpha value is -2.41. The summed E-state index contributed by atoms with van der Waals surface area (Å²) in [5.41, 5.74) is 7.12. The van der Waals surface area contributed by atoms with Gasteiger partial charge in [-0.3, -0.25) is 9.59 Å². The summed E-state index contributed by atoms with van der Waals surface area (Å²) in [7, 11) is 1.86. The Morgan fingerprint density at radius 2 is 2.15 bits per heavy atom. The lowest BCUT2D eigenvalue weighted by atomic mass is 10.2. The van der Waals surface area contributed by atoms with Crippen molar-refractivity contribution in [2.75, 3.05) is 0 Å². The predicted molar refractivity (Wildman–Crippen MR) is 72.8 cm³/mol. The topological polar surface area (TPSA) is 110 Å². The minimum Gasteiger partial charge on any atom is -0.480 e. The number of nitrogens with zero attached hydrogens (tertiary/aromatic N) is 2. The summed E-state index contributed by atoms with van der Waals surface area (Å²) in [4.78, 5) is 26.5. The van der Waals surface area contributed by atoms with E-state index in [2.05, 4.69) is 10.3 Å². The number of nitrogens with two attached hydrogens (primary N) is 1. The van der Waals surface area contributed by atoms with Gasteiger partial charge in [0.2, 0.25) is 5.91 Å². The van der Waals surface area contributed by atoms with Crippen LogP contribution in [-0.4, -0.2) is 32.6 Å². The van der Waals surface area contributed by atoms with Gasteiger partial charge in [-0.1, -0.05) is 12.1 Å². The van der Waals surface area contributed by atoms with Crippen LogP contribution in [0.3, 0.4) is 0 Å². The zero-order valence-corrected chi connectivity index (χ0v) is 11.0. The molecular weight excluding hydrogens is 260 g/mol. The molecule has 20 heavy (non-hydrogen) atoms. The highest BCUT2D eigenvalue weighted by atomic mass is 16.4. The van der Waals surface area contributed by atoms with Gasteiger partial charge in [-0.15, -0.1) is 0 Å². The highest BCUT2D eigenvalue weighted by Gasteiger charge is 2.16. The van der Waals surface area contributed by atoms with Crippen molar-refractivity contribution < 1.29 is 14.7 Å². The van der Waals surface area contributed by atoms with Crippen molar-refractivity contribution in [2.24, 2.45) is 12.8 Å². The summed E-state index contributed by atoms with van der Waals surface area (Å²) in [6.45, 7) is 0.232. The third-order valence-corrected chi connectivity index (χ3v) is 3.05. The molecule has 0 unspecified atom stereocenters. The molecule has 1 amide bonds. The Kier molecular flexibility index (Phi) is 3.99. The smallest absolute Gasteiger partial charge is 0.321 e. The number of nitrogens with one attached hydrogen (secondary N) is 1. The molecule has 0 saturated heterocycles. The largest absolute Gasteiger partial charge is 0.480 e. The first-order chi connectivity index (χ1) is 9.49. The van der Waals surface area contributed by atoms with Gasteiger partial charge in [-0.05, 0) is 12.1 Å². The first kappa shape index (κ1) is 14.0. The lowest BCUT2D eigenvalue weighted by Crippen LogP contribution is -2.37. The summed E-state index contributed by atoms with van der Waals surface area (Å²) in [6.07, 6.45) is -0.251. The Balaban J connectivity index is 2.01. The van der Waals surface area contributed by atoms with E-state index >= 15 is 0 Å². The zero-order chi connectivity index (χ0) is 14.7. The van der Waals surface area contributed by atoms with Gasteiger partial charge in [0.1, 0.15) is 11.9 Å². The van der Waals surface area contributed by atoms with Crippen molar-refractivity contribution in [3.8, 4) is 0 Å². The second-order valence-corrected chi connectivity index (χ2v) is 4.50. The summed E-state index contributed by atoms with van der Waals surface area (Å²) < 4.78 is 1.88. The molecule has 0 radical (unpaired) electrons. The number of benzene rings is 1. The van der Waals surface area contributed by atoms with Gasteiger partial charge in [0.25, 0.3) is 0 Å². The van der Waals surface area contributed by atoms with E-state index < -0.39 is 17.9 Å². The SMILES string of the molecule is Cn1c(CNC(=O)C[C@H](N)C(=O)O)nc2ccccc21. The Labute approximate surface area is 115 Å². The summed E-state index contributed by atoms with van der Waals surface area (Å²) in [5, 5.41) is 11.3. The molecule has 1 heterocycles. The third-order valence-electron chi connectivity index (χ3n) is 3.05. The second kappa shape index (κ2) is 5.70. The van der Waals surface area contributed by atoms with Crippen LogP contribution in [0.5, 0.6) is 0 Å². The molecule has 1 aromatic heterocycles. The highest BCUT2D eigenvalue weighted by Crippen LogP contribution is 2.13. The van der Waals surface area contributed by atoms with Gasteiger partial charge < -0.3 is 20.7 Å². The zero-order valence-electron chi connectivity index (χ0n) is 11.0. The fourth-order valence-corrected chi connectivity index (χ4v) is 1.89. The van der Waals surface area contributed by atoms with Crippen LogP contribution in [-0.2, 0) is 23.2 Å². The van der Waals surface area contributed by atoms with Crippen LogP contribution >= 0.6 is 0 Å². The fraction of sp³-hybridized carbons (Fsp3) is 0.308. The number of para-hydroxylation sites is 2. The van der Waals surface area contributed by atoms with Crippen LogP contribution < -0.4 is 11.1 Å². The number of carbonyl (C=O) groups excluding carboxylic acids is 1. The molecule has 0 aliphatic rings. The lowest BCUT2D eigenvalue weighted by Gasteiger charge is -2.07. The van der Waals surface area contributed by atoms with Crippen LogP contribution in [0.15, 0.2) is 24.3 Å². The number of carboxylic acid groups (broad SMARTS) is 1. The van der Waals surface area contributed by atoms with Gasteiger partial charge in [-0.25, -0.2) is 4.98 Å². The van der Waals surface area contributed by atoms with Crippen molar-refractivity contribution in [1.29, 1.82) is 0 Å². The number of carboxylic acids is 1. The first-order valence-electron chi connectivity index (χ1n) is 6.14. The Morgan fingerprint density at radius 3 is 2.80 bits per heavy atom. The van der Waals surface area contributed by atoms with E-state index in [-0.39, 0.29) is 13.0 Å².